The largest absolute Gasteiger partial charge is 0.451 e. The van der Waals surface area contributed by atoms with E-state index in [4.69, 9.17) is 4.74 Å². The first kappa shape index (κ1) is 19.4. The van der Waals surface area contributed by atoms with Gasteiger partial charge in [0, 0.05) is 12.1 Å². The van der Waals surface area contributed by atoms with Crippen LogP contribution < -0.4 is 5.56 Å². The molecule has 1 atom stereocenters. The number of ether oxygens (including phenoxy) is 1. The molecule has 6 nitrogen and oxygen atoms in total. The maximum atomic E-state index is 13.0. The average molecular weight is 382 g/mol. The number of Topliss-reactive ketones (excluding diaryl/α,β-unsaturated/α-hetero) is 1. The highest BCUT2D eigenvalue weighted by molar-refractivity contribution is 6.01. The number of fused-ring (bicyclic) bond motifs is 1. The van der Waals surface area contributed by atoms with Gasteiger partial charge in [-0.1, -0.05) is 0 Å². The predicted octanol–water partition coefficient (Wildman–Crippen LogP) is 3.29. The lowest BCUT2D eigenvalue weighted by molar-refractivity contribution is 0.0319. The fourth-order valence-electron chi connectivity index (χ4n) is 2.95. The van der Waals surface area contributed by atoms with E-state index in [0.717, 1.165) is 0 Å². The van der Waals surface area contributed by atoms with Crippen molar-refractivity contribution in [3.05, 3.63) is 75.5 Å². The number of hydrogen-bond donors (Lipinski definition) is 0. The number of hydrogen-bond acceptors (Lipinski definition) is 5. The molecule has 7 heteroatoms. The van der Waals surface area contributed by atoms with Crippen LogP contribution in [0.5, 0.6) is 0 Å². The molecular formula is C21H19FN2O4. The number of carbonyl (C=O) groups excluding carboxylic acids is 2. The Morgan fingerprint density at radius 3 is 2.43 bits per heavy atom. The van der Waals surface area contributed by atoms with Crippen molar-refractivity contribution in [2.45, 2.75) is 33.4 Å². The maximum absolute atomic E-state index is 13.0. The summed E-state index contributed by atoms with van der Waals surface area (Å²) in [7, 11) is 0. The minimum atomic E-state index is -1.03. The van der Waals surface area contributed by atoms with Crippen LogP contribution in [0.25, 0.3) is 11.0 Å². The van der Waals surface area contributed by atoms with Crippen LogP contribution in [0.4, 0.5) is 4.39 Å². The third kappa shape index (κ3) is 3.69. The van der Waals surface area contributed by atoms with Gasteiger partial charge in [-0.05, 0) is 63.2 Å². The van der Waals surface area contributed by atoms with E-state index in [1.54, 1.807) is 17.6 Å². The zero-order valence-corrected chi connectivity index (χ0v) is 15.7. The highest BCUT2D eigenvalue weighted by Gasteiger charge is 2.21. The summed E-state index contributed by atoms with van der Waals surface area (Å²) in [5.41, 5.74) is 1.74. The van der Waals surface area contributed by atoms with E-state index >= 15 is 0 Å². The molecule has 0 amide bonds. The third-order valence-corrected chi connectivity index (χ3v) is 4.44. The molecule has 1 aromatic heterocycles. The number of rotatable bonds is 5. The molecule has 0 radical (unpaired) electrons. The highest BCUT2D eigenvalue weighted by atomic mass is 19.1. The van der Waals surface area contributed by atoms with Crippen molar-refractivity contribution in [1.29, 1.82) is 0 Å². The molecule has 144 valence electrons. The lowest BCUT2D eigenvalue weighted by atomic mass is 10.1. The summed E-state index contributed by atoms with van der Waals surface area (Å²) in [6.07, 6.45) is -1.03. The zero-order valence-electron chi connectivity index (χ0n) is 15.7. The first-order valence-corrected chi connectivity index (χ1v) is 8.83. The molecule has 0 fully saturated rings. The number of aromatic nitrogens is 2. The van der Waals surface area contributed by atoms with Crippen LogP contribution in [0.2, 0.25) is 0 Å². The van der Waals surface area contributed by atoms with E-state index in [0.29, 0.717) is 23.3 Å². The third-order valence-electron chi connectivity index (χ3n) is 4.44. The summed E-state index contributed by atoms with van der Waals surface area (Å²) in [6.45, 7) is 5.40. The van der Waals surface area contributed by atoms with E-state index in [9.17, 15) is 18.8 Å². The number of halogens is 1. The average Bonchev–Trinajstić information content (AvgIpc) is 2.68. The van der Waals surface area contributed by atoms with Crippen LogP contribution >= 0.6 is 0 Å². The van der Waals surface area contributed by atoms with Crippen molar-refractivity contribution < 1.29 is 18.7 Å². The molecule has 28 heavy (non-hydrogen) atoms. The van der Waals surface area contributed by atoms with Crippen LogP contribution in [0.1, 0.15) is 40.3 Å². The SMILES string of the molecule is CCn1c(=O)c(C)nc2cc(C(=O)O[C@H](C)C(=O)c3ccc(F)cc3)ccc21. The van der Waals surface area contributed by atoms with Gasteiger partial charge in [0.05, 0.1) is 16.6 Å². The molecule has 0 spiro atoms. The Hall–Kier alpha value is -3.35. The fraction of sp³-hybridized carbons (Fsp3) is 0.238. The van der Waals surface area contributed by atoms with Crippen LogP contribution in [0, 0.1) is 12.7 Å². The van der Waals surface area contributed by atoms with Crippen molar-refractivity contribution in [3.63, 3.8) is 0 Å². The van der Waals surface area contributed by atoms with Gasteiger partial charge in [0.2, 0.25) is 5.78 Å². The Kier molecular flexibility index (Phi) is 5.35. The summed E-state index contributed by atoms with van der Waals surface area (Å²) in [4.78, 5) is 41.2. The second kappa shape index (κ2) is 7.72. The van der Waals surface area contributed by atoms with Crippen molar-refractivity contribution in [2.75, 3.05) is 0 Å². The highest BCUT2D eigenvalue weighted by Crippen LogP contribution is 2.16. The Labute approximate surface area is 160 Å². The van der Waals surface area contributed by atoms with Crippen LogP contribution in [-0.2, 0) is 11.3 Å². The predicted molar refractivity (Wildman–Crippen MR) is 102 cm³/mol. The molecule has 0 aliphatic rings. The lowest BCUT2D eigenvalue weighted by Gasteiger charge is -2.13. The number of ketones is 1. The minimum absolute atomic E-state index is 0.177. The van der Waals surface area contributed by atoms with Crippen molar-refractivity contribution in [1.82, 2.24) is 9.55 Å². The molecule has 2 aromatic carbocycles. The Balaban J connectivity index is 1.85. The van der Waals surface area contributed by atoms with Crippen molar-refractivity contribution in [2.24, 2.45) is 0 Å². The summed E-state index contributed by atoms with van der Waals surface area (Å²) in [5, 5.41) is 0. The van der Waals surface area contributed by atoms with E-state index < -0.39 is 23.7 Å². The zero-order chi connectivity index (χ0) is 20.4. The number of carbonyl (C=O) groups is 2. The quantitative estimate of drug-likeness (QED) is 0.500. The van der Waals surface area contributed by atoms with E-state index in [2.05, 4.69) is 4.98 Å². The smallest absolute Gasteiger partial charge is 0.338 e. The van der Waals surface area contributed by atoms with Crippen molar-refractivity contribution >= 4 is 22.8 Å². The molecular weight excluding hydrogens is 363 g/mol. The molecule has 0 unspecified atom stereocenters. The molecule has 3 rings (SSSR count). The van der Waals surface area contributed by atoms with Crippen LogP contribution in [0.3, 0.4) is 0 Å². The Morgan fingerprint density at radius 1 is 1.14 bits per heavy atom. The summed E-state index contributed by atoms with van der Waals surface area (Å²) in [6, 6.07) is 9.73. The summed E-state index contributed by atoms with van der Waals surface area (Å²) in [5.74, 6) is -1.56. The van der Waals surface area contributed by atoms with E-state index in [1.165, 1.54) is 43.3 Å². The Bertz CT molecular complexity index is 1120. The molecule has 0 bridgehead atoms. The van der Waals surface area contributed by atoms with Gasteiger partial charge in [-0.15, -0.1) is 0 Å². The van der Waals surface area contributed by atoms with Gasteiger partial charge in [0.15, 0.2) is 6.10 Å². The molecule has 0 saturated carbocycles. The number of benzene rings is 2. The van der Waals surface area contributed by atoms with Gasteiger partial charge in [0.1, 0.15) is 11.5 Å². The van der Waals surface area contributed by atoms with Crippen LogP contribution in [0.15, 0.2) is 47.3 Å². The lowest BCUT2D eigenvalue weighted by Crippen LogP contribution is -2.25. The second-order valence-corrected chi connectivity index (χ2v) is 6.37. The first-order valence-electron chi connectivity index (χ1n) is 8.83. The van der Waals surface area contributed by atoms with Gasteiger partial charge >= 0.3 is 5.97 Å². The monoisotopic (exact) mass is 382 g/mol. The molecule has 0 saturated heterocycles. The van der Waals surface area contributed by atoms with E-state index in [1.807, 2.05) is 6.92 Å². The standard InChI is InChI=1S/C21H19FN2O4/c1-4-24-18-10-7-15(11-17(18)23-12(2)20(24)26)21(27)28-13(3)19(25)14-5-8-16(22)9-6-14/h5-11,13H,4H2,1-3H3/t13-/m1/s1. The molecule has 3 aromatic rings. The van der Waals surface area contributed by atoms with Gasteiger partial charge < -0.3 is 9.30 Å². The topological polar surface area (TPSA) is 78.3 Å². The van der Waals surface area contributed by atoms with E-state index in [-0.39, 0.29) is 16.7 Å². The fourth-order valence-corrected chi connectivity index (χ4v) is 2.95. The number of aryl methyl sites for hydroxylation is 2. The molecule has 0 N–H and O–H groups in total. The summed E-state index contributed by atoms with van der Waals surface area (Å²) < 4.78 is 19.8. The molecule has 1 heterocycles. The minimum Gasteiger partial charge on any atom is -0.451 e. The molecule has 0 aliphatic heterocycles. The van der Waals surface area contributed by atoms with Gasteiger partial charge in [-0.2, -0.15) is 0 Å². The number of esters is 1. The second-order valence-electron chi connectivity index (χ2n) is 6.37. The number of nitrogens with zero attached hydrogens (tertiary/aromatic N) is 2. The maximum Gasteiger partial charge on any atom is 0.338 e. The molecule has 0 aliphatic carbocycles. The van der Waals surface area contributed by atoms with Crippen LogP contribution in [-0.4, -0.2) is 27.4 Å². The van der Waals surface area contributed by atoms with Gasteiger partial charge in [0.25, 0.3) is 5.56 Å². The normalized spacial score (nSPS) is 12.0. The van der Waals surface area contributed by atoms with Crippen molar-refractivity contribution in [3.8, 4) is 0 Å². The Morgan fingerprint density at radius 2 is 1.79 bits per heavy atom. The first-order chi connectivity index (χ1) is 13.3. The van der Waals surface area contributed by atoms with Gasteiger partial charge in [-0.25, -0.2) is 14.2 Å². The van der Waals surface area contributed by atoms with Gasteiger partial charge in [-0.3, -0.25) is 9.59 Å². The summed E-state index contributed by atoms with van der Waals surface area (Å²) >= 11 is 0.